The number of benzene rings is 1. The van der Waals surface area contributed by atoms with Gasteiger partial charge in [0.25, 0.3) is 0 Å². The number of ether oxygens (including phenoxy) is 1. The third-order valence-corrected chi connectivity index (χ3v) is 3.17. The number of ketones is 1. The molecule has 2 aromatic rings. The zero-order valence-electron chi connectivity index (χ0n) is 12.5. The maximum Gasteiger partial charge on any atom is 0.384 e. The highest BCUT2D eigenvalue weighted by Crippen LogP contribution is 2.12. The number of esters is 1. The Morgan fingerprint density at radius 3 is 2.82 bits per heavy atom. The van der Waals surface area contributed by atoms with Gasteiger partial charge < -0.3 is 4.74 Å². The molecule has 0 saturated heterocycles. The van der Waals surface area contributed by atoms with Crippen LogP contribution in [-0.2, 0) is 20.7 Å². The van der Waals surface area contributed by atoms with Crippen LogP contribution in [0.25, 0.3) is 10.9 Å². The van der Waals surface area contributed by atoms with Crippen molar-refractivity contribution in [2.24, 2.45) is 0 Å². The van der Waals surface area contributed by atoms with E-state index in [0.29, 0.717) is 25.7 Å². The first-order valence-corrected chi connectivity index (χ1v) is 7.12. The Bertz CT molecular complexity index is 741. The number of methoxy groups -OCH3 is 1. The van der Waals surface area contributed by atoms with Crippen molar-refractivity contribution < 1.29 is 14.3 Å². The summed E-state index contributed by atoms with van der Waals surface area (Å²) in [6.45, 7) is 0. The molecule has 112 valence electrons. The fourth-order valence-corrected chi connectivity index (χ4v) is 2.06. The number of fused-ring (bicyclic) bond motifs is 1. The standard InChI is InChI=1S/C18H17NO3/c1-22-18(21)10-4-2-3-8-16(20)13-15-12-11-14-7-5-6-9-17(14)19-15/h5-7,9,11-12H,2-3,8,13H2,1H3. The van der Waals surface area contributed by atoms with E-state index >= 15 is 0 Å². The van der Waals surface area contributed by atoms with Crippen LogP contribution in [0.5, 0.6) is 0 Å². The molecule has 0 N–H and O–H groups in total. The maximum absolute atomic E-state index is 11.9. The van der Waals surface area contributed by atoms with Gasteiger partial charge in [0.2, 0.25) is 0 Å². The average Bonchev–Trinajstić information content (AvgIpc) is 2.54. The minimum Gasteiger partial charge on any atom is -0.459 e. The second-order valence-electron chi connectivity index (χ2n) is 4.86. The molecule has 2 rings (SSSR count). The van der Waals surface area contributed by atoms with Gasteiger partial charge in [-0.15, -0.1) is 0 Å². The molecule has 0 aliphatic rings. The molecular formula is C18H17NO3. The fraction of sp³-hybridized carbons (Fsp3) is 0.278. The quantitative estimate of drug-likeness (QED) is 0.368. The monoisotopic (exact) mass is 295 g/mol. The van der Waals surface area contributed by atoms with Gasteiger partial charge >= 0.3 is 5.97 Å². The number of Topliss-reactive ketones (excluding diaryl/α,β-unsaturated/α-hetero) is 1. The Kier molecular flexibility index (Phi) is 5.67. The van der Waals surface area contributed by atoms with Gasteiger partial charge in [-0.25, -0.2) is 4.79 Å². The number of unbranched alkanes of at least 4 members (excludes halogenated alkanes) is 1. The minimum absolute atomic E-state index is 0.127. The number of pyridine rings is 1. The van der Waals surface area contributed by atoms with Crippen LogP contribution in [0.15, 0.2) is 36.4 Å². The summed E-state index contributed by atoms with van der Waals surface area (Å²) in [5.41, 5.74) is 1.68. The fourth-order valence-electron chi connectivity index (χ4n) is 2.06. The van der Waals surface area contributed by atoms with Crippen LogP contribution in [0, 0.1) is 11.8 Å². The zero-order valence-corrected chi connectivity index (χ0v) is 12.5. The number of hydrogen-bond acceptors (Lipinski definition) is 4. The number of para-hydroxylation sites is 1. The van der Waals surface area contributed by atoms with Crippen LogP contribution in [-0.4, -0.2) is 23.8 Å². The molecule has 0 fully saturated rings. The van der Waals surface area contributed by atoms with E-state index in [9.17, 15) is 9.59 Å². The Morgan fingerprint density at radius 2 is 2.00 bits per heavy atom. The molecule has 0 radical (unpaired) electrons. The van der Waals surface area contributed by atoms with Gasteiger partial charge in [-0.3, -0.25) is 9.78 Å². The molecule has 0 saturated carbocycles. The van der Waals surface area contributed by atoms with Gasteiger partial charge in [-0.1, -0.05) is 30.2 Å². The molecule has 22 heavy (non-hydrogen) atoms. The van der Waals surface area contributed by atoms with Crippen LogP contribution < -0.4 is 0 Å². The van der Waals surface area contributed by atoms with E-state index in [4.69, 9.17) is 0 Å². The molecule has 0 bridgehead atoms. The number of carbonyl (C=O) groups is 2. The molecule has 0 unspecified atom stereocenters. The first kappa shape index (κ1) is 15.7. The normalized spacial score (nSPS) is 9.86. The van der Waals surface area contributed by atoms with Crippen molar-refractivity contribution >= 4 is 22.7 Å². The predicted octanol–water partition coefficient (Wildman–Crippen LogP) is 2.69. The first-order valence-electron chi connectivity index (χ1n) is 7.12. The number of nitrogens with zero attached hydrogens (tertiary/aromatic N) is 1. The van der Waals surface area contributed by atoms with Gasteiger partial charge in [0.15, 0.2) is 0 Å². The SMILES string of the molecule is COC(=O)C#CCCCC(=O)Cc1ccc2ccccc2n1. The summed E-state index contributed by atoms with van der Waals surface area (Å²) in [5, 5.41) is 1.07. The summed E-state index contributed by atoms with van der Waals surface area (Å²) >= 11 is 0. The lowest BCUT2D eigenvalue weighted by Crippen LogP contribution is -2.04. The van der Waals surface area contributed by atoms with E-state index in [-0.39, 0.29) is 5.78 Å². The van der Waals surface area contributed by atoms with Gasteiger partial charge in [-0.2, -0.15) is 0 Å². The smallest absolute Gasteiger partial charge is 0.384 e. The summed E-state index contributed by atoms with van der Waals surface area (Å²) in [5.74, 6) is 4.61. The zero-order chi connectivity index (χ0) is 15.8. The molecular weight excluding hydrogens is 278 g/mol. The van der Waals surface area contributed by atoms with E-state index in [0.717, 1.165) is 16.6 Å². The van der Waals surface area contributed by atoms with Crippen molar-refractivity contribution in [1.82, 2.24) is 4.98 Å². The van der Waals surface area contributed by atoms with E-state index in [2.05, 4.69) is 21.6 Å². The molecule has 0 aliphatic carbocycles. The summed E-state index contributed by atoms with van der Waals surface area (Å²) < 4.78 is 4.40. The van der Waals surface area contributed by atoms with Crippen molar-refractivity contribution in [3.8, 4) is 11.8 Å². The molecule has 0 atom stereocenters. The van der Waals surface area contributed by atoms with Crippen LogP contribution >= 0.6 is 0 Å². The van der Waals surface area contributed by atoms with Crippen molar-refractivity contribution in [1.29, 1.82) is 0 Å². The van der Waals surface area contributed by atoms with E-state index in [1.54, 1.807) is 0 Å². The minimum atomic E-state index is -0.549. The van der Waals surface area contributed by atoms with Crippen LogP contribution in [0.4, 0.5) is 0 Å². The molecule has 4 heteroatoms. The lowest BCUT2D eigenvalue weighted by atomic mass is 10.1. The van der Waals surface area contributed by atoms with Crippen molar-refractivity contribution in [3.05, 3.63) is 42.1 Å². The number of carbonyl (C=O) groups excluding carboxylic acids is 2. The number of hydrogen-bond donors (Lipinski definition) is 0. The Morgan fingerprint density at radius 1 is 1.18 bits per heavy atom. The van der Waals surface area contributed by atoms with Crippen molar-refractivity contribution in [3.63, 3.8) is 0 Å². The predicted molar refractivity (Wildman–Crippen MR) is 84.1 cm³/mol. The Balaban J connectivity index is 1.83. The second kappa shape index (κ2) is 7.94. The second-order valence-corrected chi connectivity index (χ2v) is 4.86. The van der Waals surface area contributed by atoms with Crippen molar-refractivity contribution in [2.75, 3.05) is 7.11 Å². The number of rotatable bonds is 5. The average molecular weight is 295 g/mol. The van der Waals surface area contributed by atoms with E-state index in [1.807, 2.05) is 36.4 Å². The Labute approximate surface area is 129 Å². The van der Waals surface area contributed by atoms with Crippen LogP contribution in [0.3, 0.4) is 0 Å². The third-order valence-electron chi connectivity index (χ3n) is 3.17. The number of aromatic nitrogens is 1. The molecule has 1 heterocycles. The topological polar surface area (TPSA) is 56.3 Å². The maximum atomic E-state index is 11.9. The van der Waals surface area contributed by atoms with Gasteiger partial charge in [0.1, 0.15) is 5.78 Å². The summed E-state index contributed by atoms with van der Waals surface area (Å²) in [7, 11) is 1.29. The molecule has 1 aromatic carbocycles. The first-order chi connectivity index (χ1) is 10.7. The lowest BCUT2D eigenvalue weighted by molar-refractivity contribution is -0.133. The van der Waals surface area contributed by atoms with Crippen LogP contribution in [0.1, 0.15) is 25.0 Å². The summed E-state index contributed by atoms with van der Waals surface area (Å²) in [4.78, 5) is 27.2. The van der Waals surface area contributed by atoms with Gasteiger partial charge in [-0.05, 0) is 18.6 Å². The van der Waals surface area contributed by atoms with Gasteiger partial charge in [0.05, 0.1) is 12.6 Å². The highest BCUT2D eigenvalue weighted by Gasteiger charge is 2.05. The lowest BCUT2D eigenvalue weighted by Gasteiger charge is -2.02. The molecule has 0 amide bonds. The molecule has 0 aliphatic heterocycles. The molecule has 4 nitrogen and oxygen atoms in total. The molecule has 1 aromatic heterocycles. The largest absolute Gasteiger partial charge is 0.459 e. The highest BCUT2D eigenvalue weighted by molar-refractivity contribution is 5.88. The van der Waals surface area contributed by atoms with E-state index < -0.39 is 5.97 Å². The molecule has 0 spiro atoms. The van der Waals surface area contributed by atoms with Crippen LogP contribution in [0.2, 0.25) is 0 Å². The Hall–Kier alpha value is -2.67. The summed E-state index contributed by atoms with van der Waals surface area (Å²) in [6, 6.07) is 11.7. The van der Waals surface area contributed by atoms with Crippen molar-refractivity contribution in [2.45, 2.75) is 25.7 Å². The highest BCUT2D eigenvalue weighted by atomic mass is 16.5. The van der Waals surface area contributed by atoms with E-state index in [1.165, 1.54) is 7.11 Å². The summed E-state index contributed by atoms with van der Waals surface area (Å²) in [6.07, 6.45) is 1.90. The third kappa shape index (κ3) is 4.71. The van der Waals surface area contributed by atoms with Gasteiger partial charge in [0, 0.05) is 36.3 Å².